The fourth-order valence-electron chi connectivity index (χ4n) is 1.19. The average Bonchev–Trinajstić information content (AvgIpc) is 2.28. The van der Waals surface area contributed by atoms with E-state index in [1.54, 1.807) is 6.07 Å². The summed E-state index contributed by atoms with van der Waals surface area (Å²) in [7, 11) is 2.92. The molecule has 0 bridgehead atoms. The maximum absolute atomic E-state index is 10.7. The van der Waals surface area contributed by atoms with Gasteiger partial charge in [0, 0.05) is 11.6 Å². The molecule has 0 heterocycles. The lowest BCUT2D eigenvalue weighted by Gasteiger charge is -2.13. The number of ether oxygens (including phenoxy) is 2. The number of halogens is 1. The summed E-state index contributed by atoms with van der Waals surface area (Å²) in [5.41, 5.74) is 0.254. The number of carboxylic acid groups (broad SMARTS) is 1. The van der Waals surface area contributed by atoms with Gasteiger partial charge in [-0.3, -0.25) is 0 Å². The van der Waals surface area contributed by atoms with Gasteiger partial charge in [-0.1, -0.05) is 0 Å². The van der Waals surface area contributed by atoms with Gasteiger partial charge in [0.1, 0.15) is 11.5 Å². The van der Waals surface area contributed by atoms with Crippen LogP contribution >= 0.6 is 22.6 Å². The summed E-state index contributed by atoms with van der Waals surface area (Å²) < 4.78 is 10.6. The van der Waals surface area contributed by atoms with Crippen LogP contribution < -0.4 is 9.47 Å². The summed E-state index contributed by atoms with van der Waals surface area (Å²) in [5.74, 6) is -0.406. The number of hydrogen-bond acceptors (Lipinski definition) is 4. The third kappa shape index (κ3) is 2.56. The standard InChI is InChI=1S/C10H11IO5/c1-15-5-3-6(9(12)10(13)14)8(11)7(4-5)16-2/h3-4,9,12H,1-2H3,(H,13,14). The van der Waals surface area contributed by atoms with E-state index in [9.17, 15) is 9.90 Å². The van der Waals surface area contributed by atoms with Crippen LogP contribution in [-0.2, 0) is 4.79 Å². The smallest absolute Gasteiger partial charge is 0.337 e. The Balaban J connectivity index is 3.31. The maximum atomic E-state index is 10.7. The number of aliphatic hydroxyl groups is 1. The van der Waals surface area contributed by atoms with Crippen LogP contribution in [0.4, 0.5) is 0 Å². The molecule has 0 aliphatic carbocycles. The zero-order chi connectivity index (χ0) is 12.3. The Kier molecular flexibility index (Phi) is 4.36. The van der Waals surface area contributed by atoms with Gasteiger partial charge in [-0.25, -0.2) is 4.79 Å². The van der Waals surface area contributed by atoms with Gasteiger partial charge < -0.3 is 19.7 Å². The van der Waals surface area contributed by atoms with Gasteiger partial charge in [-0.05, 0) is 28.7 Å². The summed E-state index contributed by atoms with van der Waals surface area (Å²) in [4.78, 5) is 10.7. The van der Waals surface area contributed by atoms with Crippen molar-refractivity contribution in [3.05, 3.63) is 21.3 Å². The fourth-order valence-corrected chi connectivity index (χ4v) is 2.02. The molecule has 0 aromatic heterocycles. The molecule has 1 aromatic rings. The van der Waals surface area contributed by atoms with Gasteiger partial charge in [0.2, 0.25) is 0 Å². The lowest BCUT2D eigenvalue weighted by Crippen LogP contribution is -2.12. The van der Waals surface area contributed by atoms with E-state index in [-0.39, 0.29) is 5.56 Å². The quantitative estimate of drug-likeness (QED) is 0.813. The molecule has 0 aliphatic rings. The van der Waals surface area contributed by atoms with E-state index in [2.05, 4.69) is 0 Å². The number of rotatable bonds is 4. The average molecular weight is 338 g/mol. The molecule has 0 saturated carbocycles. The van der Waals surface area contributed by atoms with E-state index in [0.29, 0.717) is 15.1 Å². The summed E-state index contributed by atoms with van der Waals surface area (Å²) in [5, 5.41) is 18.3. The molecule has 1 aromatic carbocycles. The molecule has 0 amide bonds. The van der Waals surface area contributed by atoms with Gasteiger partial charge in [-0.15, -0.1) is 0 Å². The second-order valence-corrected chi connectivity index (χ2v) is 4.05. The zero-order valence-electron chi connectivity index (χ0n) is 8.73. The first-order chi connectivity index (χ1) is 7.51. The summed E-state index contributed by atoms with van der Waals surface area (Å²) >= 11 is 1.92. The normalized spacial score (nSPS) is 12.0. The van der Waals surface area contributed by atoms with Crippen molar-refractivity contribution in [2.45, 2.75) is 6.10 Å². The Labute approximate surface area is 106 Å². The van der Waals surface area contributed by atoms with Crippen molar-refractivity contribution in [2.24, 2.45) is 0 Å². The van der Waals surface area contributed by atoms with Crippen LogP contribution in [0.3, 0.4) is 0 Å². The van der Waals surface area contributed by atoms with E-state index in [4.69, 9.17) is 14.6 Å². The lowest BCUT2D eigenvalue weighted by molar-refractivity contribution is -0.147. The molecule has 88 valence electrons. The van der Waals surface area contributed by atoms with E-state index in [1.165, 1.54) is 20.3 Å². The summed E-state index contributed by atoms with van der Waals surface area (Å²) in [6.45, 7) is 0. The monoisotopic (exact) mass is 338 g/mol. The van der Waals surface area contributed by atoms with Gasteiger partial charge in [0.05, 0.1) is 17.8 Å². The largest absolute Gasteiger partial charge is 0.497 e. The van der Waals surface area contributed by atoms with Crippen molar-refractivity contribution in [1.82, 2.24) is 0 Å². The number of methoxy groups -OCH3 is 2. The maximum Gasteiger partial charge on any atom is 0.337 e. The second kappa shape index (κ2) is 5.35. The van der Waals surface area contributed by atoms with Crippen molar-refractivity contribution in [3.8, 4) is 11.5 Å². The molecule has 16 heavy (non-hydrogen) atoms. The molecule has 0 radical (unpaired) electrons. The van der Waals surface area contributed by atoms with E-state index < -0.39 is 12.1 Å². The highest BCUT2D eigenvalue weighted by Gasteiger charge is 2.22. The first kappa shape index (κ1) is 13.0. The molecule has 1 unspecified atom stereocenters. The van der Waals surface area contributed by atoms with Crippen molar-refractivity contribution in [3.63, 3.8) is 0 Å². The Morgan fingerprint density at radius 3 is 2.44 bits per heavy atom. The fraction of sp³-hybridized carbons (Fsp3) is 0.300. The minimum absolute atomic E-state index is 0.254. The van der Waals surface area contributed by atoms with E-state index in [1.807, 2.05) is 22.6 Å². The molecule has 1 atom stereocenters. The van der Waals surface area contributed by atoms with E-state index >= 15 is 0 Å². The van der Waals surface area contributed by atoms with Gasteiger partial charge in [0.15, 0.2) is 6.10 Å². The highest BCUT2D eigenvalue weighted by molar-refractivity contribution is 14.1. The Morgan fingerprint density at radius 1 is 1.38 bits per heavy atom. The van der Waals surface area contributed by atoms with Crippen molar-refractivity contribution in [2.75, 3.05) is 14.2 Å². The minimum Gasteiger partial charge on any atom is -0.497 e. The first-order valence-corrected chi connectivity index (χ1v) is 5.41. The molecule has 0 aliphatic heterocycles. The molecule has 0 saturated heterocycles. The topological polar surface area (TPSA) is 76.0 Å². The van der Waals surface area contributed by atoms with Crippen LogP contribution in [-0.4, -0.2) is 30.4 Å². The minimum atomic E-state index is -1.59. The zero-order valence-corrected chi connectivity index (χ0v) is 10.9. The van der Waals surface area contributed by atoms with Crippen LogP contribution in [0.25, 0.3) is 0 Å². The molecule has 2 N–H and O–H groups in total. The molecular weight excluding hydrogens is 327 g/mol. The third-order valence-electron chi connectivity index (χ3n) is 2.03. The number of benzene rings is 1. The van der Waals surface area contributed by atoms with Crippen LogP contribution in [0.15, 0.2) is 12.1 Å². The van der Waals surface area contributed by atoms with Gasteiger partial charge in [0.25, 0.3) is 0 Å². The first-order valence-electron chi connectivity index (χ1n) is 4.33. The SMILES string of the molecule is COc1cc(OC)c(I)c(C(O)C(=O)O)c1. The number of aliphatic carboxylic acids is 1. The number of hydrogen-bond donors (Lipinski definition) is 2. The highest BCUT2D eigenvalue weighted by Crippen LogP contribution is 2.33. The molecular formula is C10H11IO5. The van der Waals surface area contributed by atoms with Gasteiger partial charge in [-0.2, -0.15) is 0 Å². The Bertz CT molecular complexity index is 404. The van der Waals surface area contributed by atoms with Crippen LogP contribution in [0, 0.1) is 3.57 Å². The Morgan fingerprint density at radius 2 is 2.00 bits per heavy atom. The van der Waals surface area contributed by atoms with Gasteiger partial charge >= 0.3 is 5.97 Å². The molecule has 5 nitrogen and oxygen atoms in total. The van der Waals surface area contributed by atoms with Crippen molar-refractivity contribution in [1.29, 1.82) is 0 Å². The molecule has 0 fully saturated rings. The predicted octanol–water partition coefficient (Wildman–Crippen LogP) is 1.43. The van der Waals surface area contributed by atoms with Crippen molar-refractivity contribution >= 4 is 28.6 Å². The van der Waals surface area contributed by atoms with E-state index in [0.717, 1.165) is 0 Å². The Hall–Kier alpha value is -1.02. The second-order valence-electron chi connectivity index (χ2n) is 2.97. The number of aliphatic hydroxyl groups excluding tert-OH is 1. The number of carbonyl (C=O) groups is 1. The highest BCUT2D eigenvalue weighted by atomic mass is 127. The van der Waals surface area contributed by atoms with Crippen molar-refractivity contribution < 1.29 is 24.5 Å². The lowest BCUT2D eigenvalue weighted by atomic mass is 10.1. The molecule has 6 heteroatoms. The van der Waals surface area contributed by atoms with Crippen LogP contribution in [0.2, 0.25) is 0 Å². The van der Waals surface area contributed by atoms with Crippen LogP contribution in [0.5, 0.6) is 11.5 Å². The molecule has 0 spiro atoms. The summed E-state index contributed by atoms with van der Waals surface area (Å²) in [6.07, 6.45) is -1.59. The molecule has 1 rings (SSSR count). The number of carboxylic acids is 1. The van der Waals surface area contributed by atoms with Crippen LogP contribution in [0.1, 0.15) is 11.7 Å². The third-order valence-corrected chi connectivity index (χ3v) is 3.18. The summed E-state index contributed by atoms with van der Waals surface area (Å²) in [6, 6.07) is 3.10. The predicted molar refractivity (Wildman–Crippen MR) is 64.9 cm³/mol.